The van der Waals surface area contributed by atoms with Gasteiger partial charge in [-0.1, -0.05) is 12.8 Å². The maximum absolute atomic E-state index is 12.0. The van der Waals surface area contributed by atoms with Crippen LogP contribution in [0.5, 0.6) is 0 Å². The third-order valence-corrected chi connectivity index (χ3v) is 4.88. The predicted octanol–water partition coefficient (Wildman–Crippen LogP) is 0.321. The molecule has 0 saturated carbocycles. The first-order valence-corrected chi connectivity index (χ1v) is 9.62. The van der Waals surface area contributed by atoms with Crippen LogP contribution in [0.2, 0.25) is 0 Å². The largest absolute Gasteiger partial charge is 0.481 e. The molecule has 1 amide bonds. The van der Waals surface area contributed by atoms with Gasteiger partial charge in [0.05, 0.1) is 5.56 Å². The molecule has 1 unspecified atom stereocenters. The van der Waals surface area contributed by atoms with E-state index in [1.54, 1.807) is 0 Å². The molecule has 1 aromatic heterocycles. The standard InChI is InChI=1S/C18H27N5O6/c19-18-22-15-11(16(27)23-18)8-10(9-20-15)4-2-1-3-5-13(24)21-12(17(28)29)6-7-14(25)26/h10,12H,1-9H2,(H,21,24)(H,25,26)(H,28,29)(H4,19,20,22,23,27)/t10?,12-/m0/s1. The van der Waals surface area contributed by atoms with Crippen molar-refractivity contribution in [3.05, 3.63) is 15.9 Å². The van der Waals surface area contributed by atoms with Gasteiger partial charge >= 0.3 is 11.9 Å². The number of amides is 1. The average Bonchev–Trinajstić information content (AvgIpc) is 2.64. The summed E-state index contributed by atoms with van der Waals surface area (Å²) in [7, 11) is 0. The summed E-state index contributed by atoms with van der Waals surface area (Å²) < 4.78 is 0. The Morgan fingerprint density at radius 2 is 1.97 bits per heavy atom. The molecular weight excluding hydrogens is 382 g/mol. The molecule has 0 aromatic carbocycles. The summed E-state index contributed by atoms with van der Waals surface area (Å²) >= 11 is 0. The highest BCUT2D eigenvalue weighted by atomic mass is 16.4. The van der Waals surface area contributed by atoms with Gasteiger partial charge in [-0.05, 0) is 31.6 Å². The molecule has 0 aliphatic carbocycles. The fraction of sp³-hybridized carbons (Fsp3) is 0.611. The number of nitrogens with zero attached hydrogens (tertiary/aromatic N) is 1. The first-order valence-electron chi connectivity index (χ1n) is 9.62. The molecule has 29 heavy (non-hydrogen) atoms. The van der Waals surface area contributed by atoms with Gasteiger partial charge in [-0.25, -0.2) is 4.79 Å². The Morgan fingerprint density at radius 3 is 2.66 bits per heavy atom. The number of unbranched alkanes of at least 4 members (excludes halogenated alkanes) is 2. The van der Waals surface area contributed by atoms with Crippen LogP contribution < -0.4 is 21.9 Å². The van der Waals surface area contributed by atoms with E-state index in [2.05, 4.69) is 20.6 Å². The second kappa shape index (κ2) is 10.4. The lowest BCUT2D eigenvalue weighted by Gasteiger charge is -2.24. The van der Waals surface area contributed by atoms with Crippen molar-refractivity contribution in [3.8, 4) is 0 Å². The molecule has 0 radical (unpaired) electrons. The average molecular weight is 409 g/mol. The summed E-state index contributed by atoms with van der Waals surface area (Å²) in [5.41, 5.74) is 5.92. The van der Waals surface area contributed by atoms with Crippen molar-refractivity contribution in [3.63, 3.8) is 0 Å². The van der Waals surface area contributed by atoms with Gasteiger partial charge in [0.25, 0.3) is 5.56 Å². The van der Waals surface area contributed by atoms with Crippen molar-refractivity contribution in [2.45, 2.75) is 57.4 Å². The molecule has 0 bridgehead atoms. The highest BCUT2D eigenvalue weighted by Gasteiger charge is 2.23. The second-order valence-electron chi connectivity index (χ2n) is 7.22. The molecule has 11 nitrogen and oxygen atoms in total. The smallest absolute Gasteiger partial charge is 0.326 e. The number of fused-ring (bicyclic) bond motifs is 1. The van der Waals surface area contributed by atoms with Gasteiger partial charge in [0.2, 0.25) is 11.9 Å². The van der Waals surface area contributed by atoms with Crippen molar-refractivity contribution in [2.24, 2.45) is 5.92 Å². The fourth-order valence-corrected chi connectivity index (χ4v) is 3.34. The molecule has 160 valence electrons. The van der Waals surface area contributed by atoms with Crippen LogP contribution in [0.4, 0.5) is 11.8 Å². The van der Waals surface area contributed by atoms with E-state index in [0.717, 1.165) is 19.3 Å². The Labute approximate surface area is 167 Å². The van der Waals surface area contributed by atoms with Gasteiger partial charge in [-0.3, -0.25) is 19.4 Å². The minimum absolute atomic E-state index is 0.0890. The highest BCUT2D eigenvalue weighted by Crippen LogP contribution is 2.23. The van der Waals surface area contributed by atoms with Crippen molar-refractivity contribution in [1.82, 2.24) is 15.3 Å². The van der Waals surface area contributed by atoms with E-state index in [1.807, 2.05) is 0 Å². The van der Waals surface area contributed by atoms with Crippen molar-refractivity contribution in [2.75, 3.05) is 17.6 Å². The number of aromatic nitrogens is 2. The zero-order chi connectivity index (χ0) is 21.4. The Hall–Kier alpha value is -3.11. The number of nitrogens with one attached hydrogen (secondary N) is 3. The summed E-state index contributed by atoms with van der Waals surface area (Å²) in [6.07, 6.45) is 3.49. The Balaban J connectivity index is 1.66. The van der Waals surface area contributed by atoms with Crippen LogP contribution in [0.15, 0.2) is 4.79 Å². The third-order valence-electron chi connectivity index (χ3n) is 4.88. The number of aromatic amines is 1. The van der Waals surface area contributed by atoms with Crippen LogP contribution in [-0.4, -0.2) is 50.6 Å². The van der Waals surface area contributed by atoms with Gasteiger partial charge < -0.3 is 26.6 Å². The van der Waals surface area contributed by atoms with Crippen LogP contribution in [0.1, 0.15) is 50.5 Å². The van der Waals surface area contributed by atoms with Crippen LogP contribution in [0, 0.1) is 5.92 Å². The zero-order valence-electron chi connectivity index (χ0n) is 16.1. The summed E-state index contributed by atoms with van der Waals surface area (Å²) in [6.45, 7) is 0.702. The molecule has 0 fully saturated rings. The maximum atomic E-state index is 12.0. The van der Waals surface area contributed by atoms with Crippen LogP contribution in [-0.2, 0) is 20.8 Å². The van der Waals surface area contributed by atoms with Crippen molar-refractivity contribution >= 4 is 29.6 Å². The predicted molar refractivity (Wildman–Crippen MR) is 104 cm³/mol. The maximum Gasteiger partial charge on any atom is 0.326 e. The normalized spacial score (nSPS) is 16.3. The number of rotatable bonds is 11. The number of nitrogen functional groups attached to an aromatic ring is 1. The molecule has 2 heterocycles. The fourth-order valence-electron chi connectivity index (χ4n) is 3.34. The molecule has 0 saturated heterocycles. The number of carboxylic acid groups (broad SMARTS) is 2. The minimum Gasteiger partial charge on any atom is -0.481 e. The Bertz CT molecular complexity index is 808. The summed E-state index contributed by atoms with van der Waals surface area (Å²) in [5.74, 6) is -1.83. The van der Waals surface area contributed by atoms with Gasteiger partial charge in [-0.15, -0.1) is 0 Å². The van der Waals surface area contributed by atoms with Gasteiger partial charge in [0, 0.05) is 19.4 Å². The summed E-state index contributed by atoms with van der Waals surface area (Å²) in [6, 6.07) is -1.19. The van der Waals surface area contributed by atoms with E-state index in [1.165, 1.54) is 0 Å². The Morgan fingerprint density at radius 1 is 1.21 bits per heavy atom. The molecule has 7 N–H and O–H groups in total. The number of nitrogens with two attached hydrogens (primary N) is 1. The van der Waals surface area contributed by atoms with E-state index in [0.29, 0.717) is 30.8 Å². The third kappa shape index (κ3) is 7.09. The molecule has 11 heteroatoms. The number of carbonyl (C=O) groups excluding carboxylic acids is 1. The quantitative estimate of drug-likeness (QED) is 0.280. The van der Waals surface area contributed by atoms with E-state index < -0.39 is 23.9 Å². The highest BCUT2D eigenvalue weighted by molar-refractivity contribution is 5.83. The number of hydrogen-bond donors (Lipinski definition) is 6. The topological polar surface area (TPSA) is 187 Å². The molecular formula is C18H27N5O6. The lowest BCUT2D eigenvalue weighted by molar-refractivity contribution is -0.143. The van der Waals surface area contributed by atoms with Gasteiger partial charge in [0.1, 0.15) is 11.9 Å². The molecule has 1 aliphatic heterocycles. The summed E-state index contributed by atoms with van der Waals surface area (Å²) in [4.78, 5) is 52.1. The molecule has 0 spiro atoms. The van der Waals surface area contributed by atoms with Crippen LogP contribution in [0.25, 0.3) is 0 Å². The molecule has 1 aliphatic rings. The van der Waals surface area contributed by atoms with Crippen molar-refractivity contribution < 1.29 is 24.6 Å². The number of hydrogen-bond acceptors (Lipinski definition) is 7. The number of carbonyl (C=O) groups is 3. The van der Waals surface area contributed by atoms with E-state index >= 15 is 0 Å². The monoisotopic (exact) mass is 409 g/mol. The molecule has 2 rings (SSSR count). The first kappa shape index (κ1) is 22.2. The van der Waals surface area contributed by atoms with Crippen molar-refractivity contribution in [1.29, 1.82) is 0 Å². The van der Waals surface area contributed by atoms with E-state index in [9.17, 15) is 19.2 Å². The van der Waals surface area contributed by atoms with E-state index in [-0.39, 0.29) is 36.7 Å². The van der Waals surface area contributed by atoms with Crippen LogP contribution in [0.3, 0.4) is 0 Å². The number of anilines is 2. The van der Waals surface area contributed by atoms with Gasteiger partial charge in [0.15, 0.2) is 0 Å². The number of H-pyrrole nitrogens is 1. The molecule has 2 atom stereocenters. The second-order valence-corrected chi connectivity index (χ2v) is 7.22. The molecule has 1 aromatic rings. The Kier molecular flexibility index (Phi) is 7.98. The van der Waals surface area contributed by atoms with Crippen LogP contribution >= 0.6 is 0 Å². The lowest BCUT2D eigenvalue weighted by atomic mass is 9.91. The van der Waals surface area contributed by atoms with E-state index in [4.69, 9.17) is 15.9 Å². The number of aliphatic carboxylic acids is 2. The number of carboxylic acids is 2. The minimum atomic E-state index is -1.24. The SMILES string of the molecule is Nc1nc2c(c(=O)[nH]1)CC(CCCCCC(=O)N[C@@H](CCC(=O)O)C(=O)O)CN2. The zero-order valence-corrected chi connectivity index (χ0v) is 16.1. The van der Waals surface area contributed by atoms with Gasteiger partial charge in [-0.2, -0.15) is 4.98 Å². The first-order chi connectivity index (χ1) is 13.8. The summed E-state index contributed by atoms with van der Waals surface area (Å²) in [5, 5.41) is 23.2. The lowest BCUT2D eigenvalue weighted by Crippen LogP contribution is -2.41.